The predicted octanol–water partition coefficient (Wildman–Crippen LogP) is 3.41. The zero-order valence-electron chi connectivity index (χ0n) is 15.8. The first-order chi connectivity index (χ1) is 13.7. The number of hydrogen-bond donors (Lipinski definition) is 0. The van der Waals surface area contributed by atoms with Gasteiger partial charge in [0.2, 0.25) is 0 Å². The second-order valence-electron chi connectivity index (χ2n) is 6.81. The lowest BCUT2D eigenvalue weighted by molar-refractivity contribution is 0.194. The molecule has 28 heavy (non-hydrogen) atoms. The van der Waals surface area contributed by atoms with Crippen LogP contribution in [0.15, 0.2) is 48.8 Å². The van der Waals surface area contributed by atoms with Gasteiger partial charge < -0.3 is 9.47 Å². The molecule has 0 N–H and O–H groups in total. The third-order valence-corrected chi connectivity index (χ3v) is 5.51. The van der Waals surface area contributed by atoms with Gasteiger partial charge >= 0.3 is 0 Å². The number of piperazine rings is 1. The minimum Gasteiger partial charge on any atom is -0.369 e. The number of benzene rings is 1. The zero-order chi connectivity index (χ0) is 19.5. The van der Waals surface area contributed by atoms with Gasteiger partial charge in [0.1, 0.15) is 5.82 Å². The van der Waals surface area contributed by atoms with Gasteiger partial charge in [0.05, 0.1) is 6.67 Å². The van der Waals surface area contributed by atoms with Crippen molar-refractivity contribution >= 4 is 17.9 Å². The van der Waals surface area contributed by atoms with E-state index in [2.05, 4.69) is 26.3 Å². The van der Waals surface area contributed by atoms with Gasteiger partial charge in [0.15, 0.2) is 10.6 Å². The summed E-state index contributed by atoms with van der Waals surface area (Å²) in [4.78, 5) is 8.71. The van der Waals surface area contributed by atoms with Crippen LogP contribution in [-0.4, -0.2) is 50.4 Å². The van der Waals surface area contributed by atoms with Gasteiger partial charge in [-0.3, -0.25) is 9.88 Å². The molecule has 1 aliphatic heterocycles. The Bertz CT molecular complexity index is 974. The van der Waals surface area contributed by atoms with Crippen LogP contribution in [0.1, 0.15) is 6.92 Å². The molecule has 6 nitrogen and oxygen atoms in total. The Morgan fingerprint density at radius 2 is 1.68 bits per heavy atom. The zero-order valence-corrected chi connectivity index (χ0v) is 16.6. The number of nitrogens with zero attached hydrogens (tertiary/aromatic N) is 6. The standard InChI is InChI=1S/C20H23FN6S/c1-2-26-19(16-7-9-22-10-8-16)23-27(20(26)28)15-24-11-13-25(14-12-24)18-5-3-17(21)4-6-18/h3-10H,2,11-15H2,1H3. The van der Waals surface area contributed by atoms with Crippen molar-refractivity contribution in [1.82, 2.24) is 24.2 Å². The molecule has 1 aromatic carbocycles. The molecule has 0 aliphatic carbocycles. The number of rotatable bonds is 5. The van der Waals surface area contributed by atoms with E-state index in [0.29, 0.717) is 6.67 Å². The lowest BCUT2D eigenvalue weighted by Crippen LogP contribution is -2.47. The topological polar surface area (TPSA) is 42.1 Å². The Morgan fingerprint density at radius 3 is 2.32 bits per heavy atom. The summed E-state index contributed by atoms with van der Waals surface area (Å²) in [6.45, 7) is 7.12. The molecule has 0 radical (unpaired) electrons. The van der Waals surface area contributed by atoms with Gasteiger partial charge in [-0.25, -0.2) is 9.07 Å². The molecule has 1 aliphatic rings. The largest absolute Gasteiger partial charge is 0.369 e. The smallest absolute Gasteiger partial charge is 0.199 e. The molecular weight excluding hydrogens is 375 g/mol. The fourth-order valence-corrected chi connectivity index (χ4v) is 3.84. The van der Waals surface area contributed by atoms with Crippen molar-refractivity contribution in [2.24, 2.45) is 0 Å². The van der Waals surface area contributed by atoms with Crippen LogP contribution in [-0.2, 0) is 13.2 Å². The lowest BCUT2D eigenvalue weighted by atomic mass is 10.2. The number of halogens is 1. The molecule has 3 aromatic rings. The van der Waals surface area contributed by atoms with Crippen LogP contribution in [0.5, 0.6) is 0 Å². The van der Waals surface area contributed by atoms with E-state index in [0.717, 1.165) is 54.6 Å². The highest BCUT2D eigenvalue weighted by Gasteiger charge is 2.19. The van der Waals surface area contributed by atoms with E-state index in [1.807, 2.05) is 28.9 Å². The van der Waals surface area contributed by atoms with Crippen molar-refractivity contribution in [1.29, 1.82) is 0 Å². The molecule has 3 heterocycles. The van der Waals surface area contributed by atoms with Crippen molar-refractivity contribution in [3.8, 4) is 11.4 Å². The maximum absolute atomic E-state index is 13.1. The maximum atomic E-state index is 13.1. The molecule has 0 atom stereocenters. The second-order valence-corrected chi connectivity index (χ2v) is 7.17. The fraction of sp³-hybridized carbons (Fsp3) is 0.350. The summed E-state index contributed by atoms with van der Waals surface area (Å²) >= 11 is 5.67. The lowest BCUT2D eigenvalue weighted by Gasteiger charge is -2.35. The van der Waals surface area contributed by atoms with E-state index >= 15 is 0 Å². The minimum absolute atomic E-state index is 0.201. The summed E-state index contributed by atoms with van der Waals surface area (Å²) in [6.07, 6.45) is 3.54. The Hall–Kier alpha value is -2.58. The van der Waals surface area contributed by atoms with Crippen molar-refractivity contribution in [2.75, 3.05) is 31.1 Å². The molecule has 0 amide bonds. The normalized spacial score (nSPS) is 15.1. The van der Waals surface area contributed by atoms with Crippen LogP contribution < -0.4 is 4.90 Å². The van der Waals surface area contributed by atoms with Crippen LogP contribution in [0, 0.1) is 10.6 Å². The summed E-state index contributed by atoms with van der Waals surface area (Å²) in [6, 6.07) is 10.6. The minimum atomic E-state index is -0.201. The maximum Gasteiger partial charge on any atom is 0.199 e. The van der Waals surface area contributed by atoms with Gasteiger partial charge in [-0.1, -0.05) is 0 Å². The number of anilines is 1. The van der Waals surface area contributed by atoms with Crippen LogP contribution in [0.4, 0.5) is 10.1 Å². The quantitative estimate of drug-likeness (QED) is 0.616. The van der Waals surface area contributed by atoms with Gasteiger partial charge in [0, 0.05) is 56.4 Å². The molecule has 4 rings (SSSR count). The van der Waals surface area contributed by atoms with E-state index in [4.69, 9.17) is 17.3 Å². The summed E-state index contributed by atoms with van der Waals surface area (Å²) in [5, 5.41) is 4.78. The average molecular weight is 399 g/mol. The van der Waals surface area contributed by atoms with Gasteiger partial charge in [-0.15, -0.1) is 0 Å². The highest BCUT2D eigenvalue weighted by molar-refractivity contribution is 7.71. The molecule has 146 valence electrons. The molecular formula is C20H23FN6S. The highest BCUT2D eigenvalue weighted by atomic mass is 32.1. The number of hydrogen-bond acceptors (Lipinski definition) is 5. The van der Waals surface area contributed by atoms with Gasteiger partial charge in [0.25, 0.3) is 0 Å². The molecule has 0 unspecified atom stereocenters. The van der Waals surface area contributed by atoms with Crippen molar-refractivity contribution in [3.05, 3.63) is 59.4 Å². The summed E-state index contributed by atoms with van der Waals surface area (Å²) < 4.78 is 17.8. The predicted molar refractivity (Wildman–Crippen MR) is 110 cm³/mol. The van der Waals surface area contributed by atoms with Crippen LogP contribution in [0.3, 0.4) is 0 Å². The molecule has 0 spiro atoms. The van der Waals surface area contributed by atoms with E-state index < -0.39 is 0 Å². The second kappa shape index (κ2) is 8.20. The summed E-state index contributed by atoms with van der Waals surface area (Å²) in [5.41, 5.74) is 2.08. The summed E-state index contributed by atoms with van der Waals surface area (Å²) in [7, 11) is 0. The van der Waals surface area contributed by atoms with Crippen LogP contribution >= 0.6 is 12.2 Å². The SMILES string of the molecule is CCn1c(-c2ccncc2)nn(CN2CCN(c3ccc(F)cc3)CC2)c1=S. The third-order valence-electron chi connectivity index (χ3n) is 5.08. The average Bonchev–Trinajstić information content (AvgIpc) is 3.05. The van der Waals surface area contributed by atoms with Crippen molar-refractivity contribution in [2.45, 2.75) is 20.1 Å². The Kier molecular flexibility index (Phi) is 5.50. The van der Waals surface area contributed by atoms with Crippen molar-refractivity contribution < 1.29 is 4.39 Å². The van der Waals surface area contributed by atoms with Crippen LogP contribution in [0.2, 0.25) is 0 Å². The molecule has 1 saturated heterocycles. The van der Waals surface area contributed by atoms with E-state index in [1.165, 1.54) is 12.1 Å². The molecule has 1 fully saturated rings. The Morgan fingerprint density at radius 1 is 1.00 bits per heavy atom. The van der Waals surface area contributed by atoms with Crippen molar-refractivity contribution in [3.63, 3.8) is 0 Å². The molecule has 2 aromatic heterocycles. The summed E-state index contributed by atoms with van der Waals surface area (Å²) in [5.74, 6) is 0.674. The van der Waals surface area contributed by atoms with E-state index in [-0.39, 0.29) is 5.82 Å². The highest BCUT2D eigenvalue weighted by Crippen LogP contribution is 2.19. The van der Waals surface area contributed by atoms with Gasteiger partial charge in [-0.2, -0.15) is 5.10 Å². The van der Waals surface area contributed by atoms with E-state index in [9.17, 15) is 4.39 Å². The first-order valence-corrected chi connectivity index (χ1v) is 9.87. The fourth-order valence-electron chi connectivity index (χ4n) is 3.52. The van der Waals surface area contributed by atoms with E-state index in [1.54, 1.807) is 12.4 Å². The first kappa shape index (κ1) is 18.8. The van der Waals surface area contributed by atoms with Gasteiger partial charge in [-0.05, 0) is 55.5 Å². The third kappa shape index (κ3) is 3.83. The first-order valence-electron chi connectivity index (χ1n) is 9.46. The molecule has 8 heteroatoms. The number of pyridine rings is 1. The number of aromatic nitrogens is 4. The monoisotopic (exact) mass is 398 g/mol. The Balaban J connectivity index is 1.46. The Labute approximate surface area is 168 Å². The van der Waals surface area contributed by atoms with Crippen LogP contribution in [0.25, 0.3) is 11.4 Å². The molecule has 0 saturated carbocycles. The molecule has 0 bridgehead atoms.